The van der Waals surface area contributed by atoms with Crippen molar-refractivity contribution in [1.82, 2.24) is 5.32 Å². The van der Waals surface area contributed by atoms with Crippen LogP contribution in [0.15, 0.2) is 17.5 Å². The first kappa shape index (κ1) is 11.5. The zero-order valence-electron chi connectivity index (χ0n) is 11.1. The molecule has 1 N–H and O–H groups in total. The van der Waals surface area contributed by atoms with Gasteiger partial charge in [-0.2, -0.15) is 0 Å². The molecule has 1 heterocycles. The average Bonchev–Trinajstić information content (AvgIpc) is 2.84. The molecule has 1 aromatic heterocycles. The number of rotatable bonds is 5. The number of hydrogen-bond donors (Lipinski definition) is 1. The Bertz CT molecular complexity index is 397. The molecule has 0 amide bonds. The van der Waals surface area contributed by atoms with E-state index in [0.29, 0.717) is 0 Å². The molecule has 5 atom stereocenters. The second-order valence-corrected chi connectivity index (χ2v) is 7.61. The molecule has 0 aliphatic heterocycles. The summed E-state index contributed by atoms with van der Waals surface area (Å²) in [5, 5.41) is 5.83. The predicted molar refractivity (Wildman–Crippen MR) is 76.8 cm³/mol. The van der Waals surface area contributed by atoms with E-state index >= 15 is 0 Å². The number of fused-ring (bicyclic) bond motifs is 5. The van der Waals surface area contributed by atoms with E-state index in [0.717, 1.165) is 35.6 Å². The van der Waals surface area contributed by atoms with Gasteiger partial charge < -0.3 is 5.32 Å². The van der Waals surface area contributed by atoms with Gasteiger partial charge in [0.2, 0.25) is 0 Å². The van der Waals surface area contributed by atoms with Gasteiger partial charge in [-0.15, -0.1) is 11.3 Å². The molecule has 0 saturated heterocycles. The van der Waals surface area contributed by atoms with Gasteiger partial charge in [-0.3, -0.25) is 0 Å². The third-order valence-corrected chi connectivity index (χ3v) is 6.85. The van der Waals surface area contributed by atoms with Crippen LogP contribution in [0.1, 0.15) is 30.6 Å². The Morgan fingerprint density at radius 2 is 2.11 bits per heavy atom. The molecule has 3 aliphatic rings. The Balaban J connectivity index is 1.38. The third-order valence-electron chi connectivity index (χ3n) is 5.91. The van der Waals surface area contributed by atoms with Crippen molar-refractivity contribution in [3.05, 3.63) is 22.4 Å². The van der Waals surface area contributed by atoms with Crippen LogP contribution in [0.4, 0.5) is 0 Å². The Kier molecular flexibility index (Phi) is 2.77. The van der Waals surface area contributed by atoms with Gasteiger partial charge in [0.25, 0.3) is 0 Å². The fourth-order valence-electron chi connectivity index (χ4n) is 5.21. The van der Waals surface area contributed by atoms with E-state index in [4.69, 9.17) is 0 Å². The van der Waals surface area contributed by atoms with Gasteiger partial charge in [0.15, 0.2) is 0 Å². The van der Waals surface area contributed by atoms with Gasteiger partial charge in [-0.1, -0.05) is 6.07 Å². The highest BCUT2D eigenvalue weighted by Crippen LogP contribution is 2.70. The largest absolute Gasteiger partial charge is 0.317 e. The van der Waals surface area contributed by atoms with Crippen molar-refractivity contribution in [3.8, 4) is 0 Å². The van der Waals surface area contributed by atoms with E-state index in [9.17, 15) is 0 Å². The first-order chi connectivity index (χ1) is 8.88. The summed E-state index contributed by atoms with van der Waals surface area (Å²) < 4.78 is 0. The molecule has 3 saturated carbocycles. The summed E-state index contributed by atoms with van der Waals surface area (Å²) in [6, 6.07) is 5.25. The zero-order valence-corrected chi connectivity index (χ0v) is 12.0. The first-order valence-electron chi connectivity index (χ1n) is 7.58. The normalized spacial score (nSPS) is 41.9. The van der Waals surface area contributed by atoms with Crippen molar-refractivity contribution in [2.45, 2.75) is 38.1 Å². The molecule has 1 nitrogen and oxygen atoms in total. The fourth-order valence-corrected chi connectivity index (χ4v) is 5.94. The lowest BCUT2D eigenvalue weighted by Gasteiger charge is -2.19. The molecular formula is C16H23NS. The maximum atomic E-state index is 3.63. The minimum atomic E-state index is 0.783. The van der Waals surface area contributed by atoms with Crippen LogP contribution in [0.25, 0.3) is 0 Å². The molecule has 2 bridgehead atoms. The van der Waals surface area contributed by atoms with Crippen molar-refractivity contribution < 1.29 is 0 Å². The number of aryl methyl sites for hydroxylation is 1. The van der Waals surface area contributed by atoms with Gasteiger partial charge in [0, 0.05) is 10.9 Å². The van der Waals surface area contributed by atoms with E-state index < -0.39 is 0 Å². The Morgan fingerprint density at radius 3 is 2.72 bits per heavy atom. The van der Waals surface area contributed by atoms with Crippen molar-refractivity contribution in [1.29, 1.82) is 0 Å². The van der Waals surface area contributed by atoms with Crippen molar-refractivity contribution in [3.63, 3.8) is 0 Å². The molecule has 5 unspecified atom stereocenters. The van der Waals surface area contributed by atoms with Crippen LogP contribution in [0.5, 0.6) is 0 Å². The summed E-state index contributed by atoms with van der Waals surface area (Å²) in [6.07, 6.45) is 7.28. The molecule has 98 valence electrons. The lowest BCUT2D eigenvalue weighted by Crippen LogP contribution is -2.30. The van der Waals surface area contributed by atoms with Crippen LogP contribution in [0.2, 0.25) is 0 Å². The molecule has 0 spiro atoms. The van der Waals surface area contributed by atoms with Crippen LogP contribution in [0, 0.1) is 29.6 Å². The van der Waals surface area contributed by atoms with Gasteiger partial charge in [-0.25, -0.2) is 0 Å². The third kappa shape index (κ3) is 1.69. The van der Waals surface area contributed by atoms with E-state index in [-0.39, 0.29) is 0 Å². The predicted octanol–water partition coefficient (Wildman–Crippen LogP) is 3.56. The first-order valence-corrected chi connectivity index (χ1v) is 8.46. The number of nitrogens with one attached hydrogen (secondary N) is 1. The van der Waals surface area contributed by atoms with Gasteiger partial charge >= 0.3 is 0 Å². The quantitative estimate of drug-likeness (QED) is 0.854. The van der Waals surface area contributed by atoms with Crippen LogP contribution in [-0.2, 0) is 6.42 Å². The molecule has 0 radical (unpaired) electrons. The molecule has 2 heteroatoms. The summed E-state index contributed by atoms with van der Waals surface area (Å²) >= 11 is 1.91. The number of hydrogen-bond acceptors (Lipinski definition) is 2. The smallest absolute Gasteiger partial charge is 0.0101 e. The fraction of sp³-hybridized carbons (Fsp3) is 0.750. The van der Waals surface area contributed by atoms with Crippen molar-refractivity contribution in [2.24, 2.45) is 29.6 Å². The molecule has 4 rings (SSSR count). The highest BCUT2D eigenvalue weighted by Gasteiger charge is 2.66. The minimum absolute atomic E-state index is 0.783. The molecule has 3 aliphatic carbocycles. The molecule has 18 heavy (non-hydrogen) atoms. The van der Waals surface area contributed by atoms with Crippen LogP contribution in [-0.4, -0.2) is 13.1 Å². The van der Waals surface area contributed by atoms with E-state index in [1.54, 1.807) is 24.1 Å². The van der Waals surface area contributed by atoms with Crippen molar-refractivity contribution in [2.75, 3.05) is 7.05 Å². The summed E-state index contributed by atoms with van der Waals surface area (Å²) in [4.78, 5) is 1.56. The highest BCUT2D eigenvalue weighted by atomic mass is 32.1. The number of thiophene rings is 1. The summed E-state index contributed by atoms with van der Waals surface area (Å²) in [5.74, 6) is 5.49. The lowest BCUT2D eigenvalue weighted by molar-refractivity contribution is 0.364. The minimum Gasteiger partial charge on any atom is -0.317 e. The van der Waals surface area contributed by atoms with Crippen LogP contribution >= 0.6 is 11.3 Å². The van der Waals surface area contributed by atoms with E-state index in [1.165, 1.54) is 12.8 Å². The monoisotopic (exact) mass is 261 g/mol. The van der Waals surface area contributed by atoms with Crippen molar-refractivity contribution >= 4 is 11.3 Å². The maximum Gasteiger partial charge on any atom is 0.0101 e. The van der Waals surface area contributed by atoms with E-state index in [1.807, 2.05) is 11.3 Å². The Labute approximate surface area is 114 Å². The summed E-state index contributed by atoms with van der Waals surface area (Å²) in [7, 11) is 2.18. The SMILES string of the molecule is CNC(CCc1cccs1)C1C2C3CCC(C3)C21. The molecule has 3 fully saturated rings. The summed E-state index contributed by atoms with van der Waals surface area (Å²) in [5.41, 5.74) is 0. The van der Waals surface area contributed by atoms with Gasteiger partial charge in [0.05, 0.1) is 0 Å². The van der Waals surface area contributed by atoms with Crippen LogP contribution < -0.4 is 5.32 Å². The average molecular weight is 261 g/mol. The Morgan fingerprint density at radius 1 is 1.33 bits per heavy atom. The standard InChI is InChI=1S/C16H23NS/c1-17-13(7-6-12-3-2-8-18-12)16-14-10-4-5-11(9-10)15(14)16/h2-3,8,10-11,13-17H,4-7,9H2,1H3. The summed E-state index contributed by atoms with van der Waals surface area (Å²) in [6.45, 7) is 0. The highest BCUT2D eigenvalue weighted by molar-refractivity contribution is 7.09. The molecule has 1 aromatic rings. The van der Waals surface area contributed by atoms with E-state index in [2.05, 4.69) is 29.9 Å². The second kappa shape index (κ2) is 4.35. The zero-order chi connectivity index (χ0) is 12.1. The lowest BCUT2D eigenvalue weighted by atomic mass is 9.95. The second-order valence-electron chi connectivity index (χ2n) is 6.58. The van der Waals surface area contributed by atoms with Crippen LogP contribution in [0.3, 0.4) is 0 Å². The topological polar surface area (TPSA) is 12.0 Å². The maximum absolute atomic E-state index is 3.63. The molecule has 0 aromatic carbocycles. The molecular weight excluding hydrogens is 238 g/mol. The van der Waals surface area contributed by atoms with Gasteiger partial charge in [-0.05, 0) is 80.2 Å². The van der Waals surface area contributed by atoms with Gasteiger partial charge in [0.1, 0.15) is 0 Å². The Hall–Kier alpha value is -0.340.